The van der Waals surface area contributed by atoms with Gasteiger partial charge in [-0.15, -0.1) is 10.2 Å². The van der Waals surface area contributed by atoms with Crippen LogP contribution in [-0.2, 0) is 6.42 Å². The summed E-state index contributed by atoms with van der Waals surface area (Å²) in [7, 11) is 0. The highest BCUT2D eigenvalue weighted by molar-refractivity contribution is 7.15. The predicted molar refractivity (Wildman–Crippen MR) is 78.4 cm³/mol. The van der Waals surface area contributed by atoms with Crippen LogP contribution >= 0.6 is 34.5 Å². The van der Waals surface area contributed by atoms with E-state index in [4.69, 9.17) is 23.2 Å². The number of carbonyl (C=O) groups excluding carboxylic acids is 1. The zero-order valence-electron chi connectivity index (χ0n) is 9.91. The molecule has 0 fully saturated rings. The van der Waals surface area contributed by atoms with Crippen LogP contribution < -0.4 is 10.6 Å². The molecular weight excluding hydrogens is 307 g/mol. The van der Waals surface area contributed by atoms with Crippen molar-refractivity contribution in [1.29, 1.82) is 0 Å². The number of halogens is 2. The minimum Gasteiger partial charge on any atom is -0.308 e. The van der Waals surface area contributed by atoms with Crippen molar-refractivity contribution in [2.24, 2.45) is 0 Å². The Morgan fingerprint density at radius 1 is 1.26 bits per heavy atom. The van der Waals surface area contributed by atoms with Crippen LogP contribution in [-0.4, -0.2) is 16.2 Å². The number of nitrogens with one attached hydrogen (secondary N) is 2. The Morgan fingerprint density at radius 3 is 2.68 bits per heavy atom. The molecule has 0 spiro atoms. The molecule has 0 aliphatic carbocycles. The van der Waals surface area contributed by atoms with Crippen molar-refractivity contribution < 1.29 is 4.79 Å². The molecule has 0 aliphatic heterocycles. The Bertz CT molecular complexity index is 602. The molecule has 1 aromatic carbocycles. The van der Waals surface area contributed by atoms with Gasteiger partial charge in [-0.25, -0.2) is 4.79 Å². The molecule has 0 unspecified atom stereocenters. The van der Waals surface area contributed by atoms with Gasteiger partial charge in [0.05, 0.1) is 10.0 Å². The molecule has 0 radical (unpaired) electrons. The Labute approximate surface area is 123 Å². The number of rotatable bonds is 3. The van der Waals surface area contributed by atoms with Gasteiger partial charge < -0.3 is 5.32 Å². The Kier molecular flexibility index (Phi) is 4.57. The number of anilines is 2. The van der Waals surface area contributed by atoms with Crippen LogP contribution in [0.2, 0.25) is 10.0 Å². The van der Waals surface area contributed by atoms with Gasteiger partial charge >= 0.3 is 6.03 Å². The number of benzene rings is 1. The molecule has 19 heavy (non-hydrogen) atoms. The number of aromatic nitrogens is 2. The highest BCUT2D eigenvalue weighted by atomic mass is 35.5. The summed E-state index contributed by atoms with van der Waals surface area (Å²) in [6, 6.07) is 4.43. The van der Waals surface area contributed by atoms with Crippen LogP contribution in [0.3, 0.4) is 0 Å². The van der Waals surface area contributed by atoms with Crippen molar-refractivity contribution in [3.8, 4) is 0 Å². The number of carbonyl (C=O) groups is 1. The molecule has 100 valence electrons. The Hall–Kier alpha value is -1.37. The van der Waals surface area contributed by atoms with E-state index in [0.717, 1.165) is 11.4 Å². The number of aryl methyl sites for hydroxylation is 1. The van der Waals surface area contributed by atoms with Crippen molar-refractivity contribution in [3.63, 3.8) is 0 Å². The van der Waals surface area contributed by atoms with E-state index in [1.807, 2.05) is 6.92 Å². The van der Waals surface area contributed by atoms with Crippen LogP contribution in [0, 0.1) is 0 Å². The summed E-state index contributed by atoms with van der Waals surface area (Å²) in [6.07, 6.45) is 0.785. The minimum absolute atomic E-state index is 0.378. The number of hydrogen-bond acceptors (Lipinski definition) is 4. The van der Waals surface area contributed by atoms with Gasteiger partial charge in [0.25, 0.3) is 0 Å². The normalized spacial score (nSPS) is 10.3. The maximum atomic E-state index is 11.7. The highest BCUT2D eigenvalue weighted by Gasteiger charge is 2.08. The fourth-order valence-electron chi connectivity index (χ4n) is 1.28. The molecule has 1 aromatic heterocycles. The first-order valence-corrected chi connectivity index (χ1v) is 7.01. The van der Waals surface area contributed by atoms with E-state index < -0.39 is 6.03 Å². The van der Waals surface area contributed by atoms with E-state index in [1.165, 1.54) is 11.3 Å². The molecule has 2 rings (SSSR count). The molecule has 2 amide bonds. The molecular formula is C11H10Cl2N4OS. The topological polar surface area (TPSA) is 66.9 Å². The van der Waals surface area contributed by atoms with Crippen molar-refractivity contribution in [3.05, 3.63) is 33.3 Å². The van der Waals surface area contributed by atoms with E-state index in [2.05, 4.69) is 20.8 Å². The summed E-state index contributed by atoms with van der Waals surface area (Å²) in [6.45, 7) is 1.97. The van der Waals surface area contributed by atoms with E-state index in [-0.39, 0.29) is 0 Å². The van der Waals surface area contributed by atoms with Gasteiger partial charge in [0, 0.05) is 5.69 Å². The average Bonchev–Trinajstić information content (AvgIpc) is 2.81. The molecule has 0 saturated carbocycles. The van der Waals surface area contributed by atoms with Gasteiger partial charge in [-0.2, -0.15) is 0 Å². The molecule has 0 aliphatic rings. The lowest BCUT2D eigenvalue weighted by Gasteiger charge is -2.05. The molecule has 1 heterocycles. The highest BCUT2D eigenvalue weighted by Crippen LogP contribution is 2.25. The SMILES string of the molecule is CCc1nnc(NC(=O)Nc2ccc(Cl)c(Cl)c2)s1. The second-order valence-corrected chi connectivity index (χ2v) is 5.44. The Balaban J connectivity index is 1.98. The second kappa shape index (κ2) is 6.18. The monoisotopic (exact) mass is 316 g/mol. The van der Waals surface area contributed by atoms with Gasteiger partial charge in [0.2, 0.25) is 5.13 Å². The third kappa shape index (κ3) is 3.79. The lowest BCUT2D eigenvalue weighted by molar-refractivity contribution is 0.262. The van der Waals surface area contributed by atoms with E-state index in [0.29, 0.717) is 20.9 Å². The van der Waals surface area contributed by atoms with Gasteiger partial charge in [0.1, 0.15) is 5.01 Å². The summed E-state index contributed by atoms with van der Waals surface area (Å²) in [4.78, 5) is 11.7. The van der Waals surface area contributed by atoms with Crippen LogP contribution in [0.4, 0.5) is 15.6 Å². The molecule has 8 heteroatoms. The predicted octanol–water partition coefficient (Wildman–Crippen LogP) is 4.05. The van der Waals surface area contributed by atoms with E-state index in [1.54, 1.807) is 18.2 Å². The third-order valence-electron chi connectivity index (χ3n) is 2.17. The zero-order valence-corrected chi connectivity index (χ0v) is 12.2. The largest absolute Gasteiger partial charge is 0.325 e. The average molecular weight is 317 g/mol. The van der Waals surface area contributed by atoms with Crippen molar-refractivity contribution in [1.82, 2.24) is 10.2 Å². The summed E-state index contributed by atoms with van der Waals surface area (Å²) in [5.74, 6) is 0. The molecule has 2 N–H and O–H groups in total. The van der Waals surface area contributed by atoms with E-state index >= 15 is 0 Å². The number of nitrogens with zero attached hydrogens (tertiary/aromatic N) is 2. The standard InChI is InChI=1S/C11H10Cl2N4OS/c1-2-9-16-17-11(19-9)15-10(18)14-6-3-4-7(12)8(13)5-6/h3-5H,2H2,1H3,(H2,14,15,17,18). The van der Waals surface area contributed by atoms with Crippen LogP contribution in [0.1, 0.15) is 11.9 Å². The lowest BCUT2D eigenvalue weighted by Crippen LogP contribution is -2.19. The fraction of sp³-hybridized carbons (Fsp3) is 0.182. The quantitative estimate of drug-likeness (QED) is 0.897. The van der Waals surface area contributed by atoms with Gasteiger partial charge in [-0.1, -0.05) is 41.5 Å². The fourth-order valence-corrected chi connectivity index (χ4v) is 2.25. The maximum absolute atomic E-state index is 11.7. The van der Waals surface area contributed by atoms with Crippen LogP contribution in [0.25, 0.3) is 0 Å². The maximum Gasteiger partial charge on any atom is 0.325 e. The minimum atomic E-state index is -0.405. The first-order chi connectivity index (χ1) is 9.08. The molecule has 0 bridgehead atoms. The first-order valence-electron chi connectivity index (χ1n) is 5.44. The molecule has 0 atom stereocenters. The molecule has 5 nitrogen and oxygen atoms in total. The van der Waals surface area contributed by atoms with Gasteiger partial charge in [-0.05, 0) is 24.6 Å². The Morgan fingerprint density at radius 2 is 2.05 bits per heavy atom. The molecule has 2 aromatic rings. The number of urea groups is 1. The zero-order chi connectivity index (χ0) is 13.8. The number of amides is 2. The smallest absolute Gasteiger partial charge is 0.308 e. The summed E-state index contributed by atoms with van der Waals surface area (Å²) in [5.41, 5.74) is 0.548. The van der Waals surface area contributed by atoms with Crippen LogP contribution in [0.5, 0.6) is 0 Å². The van der Waals surface area contributed by atoms with Crippen LogP contribution in [0.15, 0.2) is 18.2 Å². The van der Waals surface area contributed by atoms with Gasteiger partial charge in [0.15, 0.2) is 0 Å². The lowest BCUT2D eigenvalue weighted by atomic mass is 10.3. The first kappa shape index (κ1) is 14.0. The van der Waals surface area contributed by atoms with Crippen molar-refractivity contribution in [2.75, 3.05) is 10.6 Å². The van der Waals surface area contributed by atoms with Gasteiger partial charge in [-0.3, -0.25) is 5.32 Å². The summed E-state index contributed by atoms with van der Waals surface area (Å²) < 4.78 is 0. The van der Waals surface area contributed by atoms with Crippen molar-refractivity contribution in [2.45, 2.75) is 13.3 Å². The summed E-state index contributed by atoms with van der Waals surface area (Å²) >= 11 is 13.0. The third-order valence-corrected chi connectivity index (χ3v) is 3.89. The number of hydrogen-bond donors (Lipinski definition) is 2. The molecule has 0 saturated heterocycles. The van der Waals surface area contributed by atoms with E-state index in [9.17, 15) is 4.79 Å². The summed E-state index contributed by atoms with van der Waals surface area (Å²) in [5, 5.41) is 15.1. The van der Waals surface area contributed by atoms with Crippen molar-refractivity contribution >= 4 is 51.4 Å². The second-order valence-electron chi connectivity index (χ2n) is 3.56.